The summed E-state index contributed by atoms with van der Waals surface area (Å²) in [6, 6.07) is 6.62. The molecule has 0 spiro atoms. The van der Waals surface area contributed by atoms with Crippen LogP contribution in [0.5, 0.6) is 5.75 Å². The third-order valence-electron chi connectivity index (χ3n) is 6.91. The predicted molar refractivity (Wildman–Crippen MR) is 129 cm³/mol. The van der Waals surface area contributed by atoms with E-state index in [1.54, 1.807) is 17.3 Å². The number of aromatic nitrogens is 2. The smallest absolute Gasteiger partial charge is 0.276 e. The fraction of sp³-hybridized carbons (Fsp3) is 0.308. The van der Waals surface area contributed by atoms with Crippen LogP contribution in [0.3, 0.4) is 0 Å². The van der Waals surface area contributed by atoms with Gasteiger partial charge in [-0.05, 0) is 31.0 Å². The zero-order valence-corrected chi connectivity index (χ0v) is 20.0. The van der Waals surface area contributed by atoms with Crippen LogP contribution in [0.4, 0.5) is 8.78 Å². The molecule has 2 amide bonds. The number of carbonyl (C=O) groups is 2. The normalized spacial score (nSPS) is 19.3. The van der Waals surface area contributed by atoms with Crippen LogP contribution in [-0.2, 0) is 19.6 Å². The maximum atomic E-state index is 13.9. The van der Waals surface area contributed by atoms with E-state index in [-0.39, 0.29) is 42.1 Å². The molecule has 192 valence electrons. The van der Waals surface area contributed by atoms with Crippen LogP contribution in [0.15, 0.2) is 53.7 Å². The number of aromatic hydroxyl groups is 1. The van der Waals surface area contributed by atoms with Gasteiger partial charge in [0.2, 0.25) is 5.43 Å². The Kier molecular flexibility index (Phi) is 6.46. The number of hydrogen-bond donors (Lipinski definition) is 2. The van der Waals surface area contributed by atoms with Crippen LogP contribution in [0.2, 0.25) is 0 Å². The molecular weight excluding hydrogens is 484 g/mol. The van der Waals surface area contributed by atoms with E-state index in [4.69, 9.17) is 0 Å². The molecule has 2 aliphatic rings. The van der Waals surface area contributed by atoms with E-state index in [2.05, 4.69) is 15.2 Å². The van der Waals surface area contributed by atoms with Crippen molar-refractivity contribution in [1.82, 2.24) is 24.7 Å². The highest BCUT2D eigenvalue weighted by Gasteiger charge is 2.43. The van der Waals surface area contributed by atoms with Gasteiger partial charge in [0.1, 0.15) is 23.4 Å². The summed E-state index contributed by atoms with van der Waals surface area (Å²) in [6.45, 7) is 3.13. The van der Waals surface area contributed by atoms with E-state index >= 15 is 0 Å². The van der Waals surface area contributed by atoms with E-state index in [1.165, 1.54) is 16.8 Å². The van der Waals surface area contributed by atoms with E-state index in [0.29, 0.717) is 19.0 Å². The summed E-state index contributed by atoms with van der Waals surface area (Å²) >= 11 is 0. The third-order valence-corrected chi connectivity index (χ3v) is 6.91. The molecular formula is C26H25F2N5O4. The fourth-order valence-electron chi connectivity index (χ4n) is 4.97. The van der Waals surface area contributed by atoms with Gasteiger partial charge in [0, 0.05) is 55.9 Å². The molecule has 0 saturated carbocycles. The van der Waals surface area contributed by atoms with Gasteiger partial charge in [-0.2, -0.15) is 0 Å². The summed E-state index contributed by atoms with van der Waals surface area (Å²) in [6.07, 6.45) is 5.05. The van der Waals surface area contributed by atoms with Gasteiger partial charge in [-0.3, -0.25) is 24.3 Å². The number of carbonyl (C=O) groups excluding carboxylic acids is 2. The molecule has 4 heterocycles. The Labute approximate surface area is 211 Å². The highest BCUT2D eigenvalue weighted by molar-refractivity contribution is 5.99. The van der Waals surface area contributed by atoms with Crippen LogP contribution in [0.1, 0.15) is 45.3 Å². The first-order valence-corrected chi connectivity index (χ1v) is 11.9. The van der Waals surface area contributed by atoms with Crippen molar-refractivity contribution in [3.63, 3.8) is 0 Å². The quantitative estimate of drug-likeness (QED) is 0.546. The van der Waals surface area contributed by atoms with E-state index < -0.39 is 34.6 Å². The predicted octanol–water partition coefficient (Wildman–Crippen LogP) is 2.23. The molecule has 37 heavy (non-hydrogen) atoms. The number of fused-ring (bicyclic) bond motifs is 2. The van der Waals surface area contributed by atoms with Crippen molar-refractivity contribution in [2.45, 2.75) is 45.2 Å². The molecule has 9 nitrogen and oxygen atoms in total. The fourth-order valence-corrected chi connectivity index (χ4v) is 4.97. The number of amides is 2. The Morgan fingerprint density at radius 2 is 2.05 bits per heavy atom. The molecule has 5 rings (SSSR count). The molecule has 0 unspecified atom stereocenters. The van der Waals surface area contributed by atoms with Crippen LogP contribution in [0.25, 0.3) is 0 Å². The number of hydrogen-bond acceptors (Lipinski definition) is 6. The zero-order chi connectivity index (χ0) is 26.3. The standard InChI is InChI=1S/C26H25F2N5O4/c1-15-6-8-31(12-16-3-2-7-29-10-16)21-14-32-13-19(23(34)24(35)22(32)26(37)33(15)21)25(36)30-11-17-4-5-18(27)9-20(17)28/h2-5,7,9-10,13,15,21,35H,6,8,11-12,14H2,1H3,(H,30,36)/t15-,21-/m0/s1. The lowest BCUT2D eigenvalue weighted by atomic mass is 10.0. The largest absolute Gasteiger partial charge is 0.503 e. The Bertz CT molecular complexity index is 1430. The highest BCUT2D eigenvalue weighted by Crippen LogP contribution is 2.31. The van der Waals surface area contributed by atoms with Crippen molar-refractivity contribution in [2.75, 3.05) is 6.54 Å². The minimum atomic E-state index is -0.994. The molecule has 1 aromatic carbocycles. The SMILES string of the molecule is C[C@H]1CCN(Cc2cccnc2)[C@@H]2Cn3cc(C(=O)NCc4ccc(F)cc4F)c(=O)c(O)c3C(=O)N12. The Balaban J connectivity index is 1.44. The van der Waals surface area contributed by atoms with E-state index in [9.17, 15) is 28.3 Å². The van der Waals surface area contributed by atoms with Gasteiger partial charge in [-0.1, -0.05) is 12.1 Å². The summed E-state index contributed by atoms with van der Waals surface area (Å²) in [4.78, 5) is 47.1. The van der Waals surface area contributed by atoms with Crippen molar-refractivity contribution in [3.8, 4) is 5.75 Å². The Morgan fingerprint density at radius 1 is 1.24 bits per heavy atom. The summed E-state index contributed by atoms with van der Waals surface area (Å²) in [5, 5.41) is 13.1. The van der Waals surface area contributed by atoms with Crippen molar-refractivity contribution in [1.29, 1.82) is 0 Å². The van der Waals surface area contributed by atoms with Gasteiger partial charge in [0.05, 0.1) is 6.54 Å². The Hall–Kier alpha value is -4.12. The van der Waals surface area contributed by atoms with Crippen molar-refractivity contribution >= 4 is 11.8 Å². The molecule has 3 aromatic rings. The average Bonchev–Trinajstić information content (AvgIpc) is 2.87. The lowest BCUT2D eigenvalue weighted by Crippen LogP contribution is -2.63. The highest BCUT2D eigenvalue weighted by atomic mass is 19.1. The molecule has 0 bridgehead atoms. The average molecular weight is 510 g/mol. The number of nitrogens with one attached hydrogen (secondary N) is 1. The van der Waals surface area contributed by atoms with Crippen LogP contribution in [-0.4, -0.2) is 55.0 Å². The number of nitrogens with zero attached hydrogens (tertiary/aromatic N) is 4. The van der Waals surface area contributed by atoms with Gasteiger partial charge in [-0.25, -0.2) is 8.78 Å². The molecule has 1 fully saturated rings. The second kappa shape index (κ2) is 9.74. The van der Waals surface area contributed by atoms with E-state index in [1.807, 2.05) is 19.1 Å². The second-order valence-electron chi connectivity index (χ2n) is 9.30. The van der Waals surface area contributed by atoms with Crippen molar-refractivity contribution in [2.24, 2.45) is 0 Å². The first-order valence-electron chi connectivity index (χ1n) is 11.9. The molecule has 1 saturated heterocycles. The van der Waals surface area contributed by atoms with Crippen LogP contribution in [0, 0.1) is 11.6 Å². The van der Waals surface area contributed by atoms with Gasteiger partial charge < -0.3 is 19.9 Å². The number of halogens is 2. The summed E-state index contributed by atoms with van der Waals surface area (Å²) in [5.41, 5.74) is -0.534. The van der Waals surface area contributed by atoms with Crippen molar-refractivity contribution in [3.05, 3.63) is 93.2 Å². The Morgan fingerprint density at radius 3 is 2.78 bits per heavy atom. The maximum Gasteiger partial charge on any atom is 0.276 e. The van der Waals surface area contributed by atoms with Crippen LogP contribution >= 0.6 is 0 Å². The first kappa shape index (κ1) is 24.6. The molecule has 0 radical (unpaired) electrons. The van der Waals surface area contributed by atoms with E-state index in [0.717, 1.165) is 18.2 Å². The zero-order valence-electron chi connectivity index (χ0n) is 20.0. The van der Waals surface area contributed by atoms with Gasteiger partial charge in [0.15, 0.2) is 11.4 Å². The third kappa shape index (κ3) is 4.57. The molecule has 2 atom stereocenters. The minimum Gasteiger partial charge on any atom is -0.503 e. The van der Waals surface area contributed by atoms with Gasteiger partial charge in [0.25, 0.3) is 11.8 Å². The lowest BCUT2D eigenvalue weighted by molar-refractivity contribution is -0.0363. The molecule has 2 N–H and O–H groups in total. The summed E-state index contributed by atoms with van der Waals surface area (Å²) in [7, 11) is 0. The number of pyridine rings is 2. The number of rotatable bonds is 5. The maximum absolute atomic E-state index is 13.9. The lowest BCUT2D eigenvalue weighted by Gasteiger charge is -2.50. The molecule has 11 heteroatoms. The van der Waals surface area contributed by atoms with Crippen LogP contribution < -0.4 is 10.7 Å². The van der Waals surface area contributed by atoms with Gasteiger partial charge in [-0.15, -0.1) is 0 Å². The second-order valence-corrected chi connectivity index (χ2v) is 9.30. The van der Waals surface area contributed by atoms with Crippen molar-refractivity contribution < 1.29 is 23.5 Å². The summed E-state index contributed by atoms with van der Waals surface area (Å²) < 4.78 is 28.5. The topological polar surface area (TPSA) is 108 Å². The first-order chi connectivity index (χ1) is 17.7. The summed E-state index contributed by atoms with van der Waals surface area (Å²) in [5.74, 6) is -3.73. The van der Waals surface area contributed by atoms with Gasteiger partial charge >= 0.3 is 0 Å². The number of benzene rings is 1. The minimum absolute atomic E-state index is 0.0325. The monoisotopic (exact) mass is 509 g/mol. The molecule has 0 aliphatic carbocycles. The molecule has 2 aromatic heterocycles. The molecule has 2 aliphatic heterocycles.